The first kappa shape index (κ1) is 15.8. The van der Waals surface area contributed by atoms with Crippen LogP contribution in [0.3, 0.4) is 0 Å². The summed E-state index contributed by atoms with van der Waals surface area (Å²) in [5.74, 6) is 0.678. The molecule has 0 atom stereocenters. The van der Waals surface area contributed by atoms with Crippen molar-refractivity contribution in [3.05, 3.63) is 41.2 Å². The Morgan fingerprint density at radius 3 is 2.83 bits per heavy atom. The highest BCUT2D eigenvalue weighted by atomic mass is 32.1. The molecule has 1 N–H and O–H groups in total. The van der Waals surface area contributed by atoms with Gasteiger partial charge in [-0.3, -0.25) is 9.59 Å². The predicted molar refractivity (Wildman–Crippen MR) is 89.9 cm³/mol. The van der Waals surface area contributed by atoms with E-state index >= 15 is 0 Å². The third kappa shape index (κ3) is 4.01. The van der Waals surface area contributed by atoms with Crippen LogP contribution in [0, 0.1) is 5.92 Å². The van der Waals surface area contributed by atoms with E-state index in [1.165, 1.54) is 30.4 Å². The number of hydrogen-bond acceptors (Lipinski definition) is 4. The van der Waals surface area contributed by atoms with E-state index in [4.69, 9.17) is 4.42 Å². The van der Waals surface area contributed by atoms with Crippen molar-refractivity contribution in [3.8, 4) is 0 Å². The topological polar surface area (TPSA) is 62.6 Å². The van der Waals surface area contributed by atoms with Crippen LogP contribution in [0.4, 0.5) is 5.00 Å². The van der Waals surface area contributed by atoms with Crippen molar-refractivity contribution in [2.24, 2.45) is 5.92 Å². The number of nitrogens with zero attached hydrogens (tertiary/aromatic N) is 1. The summed E-state index contributed by atoms with van der Waals surface area (Å²) in [6.45, 7) is 3.70. The molecule has 122 valence electrons. The zero-order chi connectivity index (χ0) is 16.2. The van der Waals surface area contributed by atoms with Gasteiger partial charge in [0.05, 0.1) is 16.1 Å². The first-order valence-corrected chi connectivity index (χ1v) is 8.73. The van der Waals surface area contributed by atoms with Crippen LogP contribution in [-0.2, 0) is 0 Å². The lowest BCUT2D eigenvalue weighted by Gasteiger charge is -2.21. The molecule has 0 bridgehead atoms. The molecule has 3 rings (SSSR count). The first-order chi connectivity index (χ1) is 11.2. The molecule has 0 saturated heterocycles. The number of thiophene rings is 1. The third-order valence-electron chi connectivity index (χ3n) is 3.75. The molecule has 6 heteroatoms. The molecule has 1 fully saturated rings. The van der Waals surface area contributed by atoms with Gasteiger partial charge in [-0.05, 0) is 49.4 Å². The van der Waals surface area contributed by atoms with Gasteiger partial charge in [0, 0.05) is 13.1 Å². The third-order valence-corrected chi connectivity index (χ3v) is 4.74. The number of amides is 2. The van der Waals surface area contributed by atoms with Gasteiger partial charge in [-0.2, -0.15) is 0 Å². The zero-order valence-electron chi connectivity index (χ0n) is 13.1. The maximum absolute atomic E-state index is 12.6. The fourth-order valence-electron chi connectivity index (χ4n) is 2.41. The summed E-state index contributed by atoms with van der Waals surface area (Å²) in [6.07, 6.45) is 4.86. The van der Waals surface area contributed by atoms with Crippen molar-refractivity contribution < 1.29 is 14.0 Å². The van der Waals surface area contributed by atoms with E-state index in [0.717, 1.165) is 19.5 Å². The molecule has 2 aromatic rings. The highest BCUT2D eigenvalue weighted by Crippen LogP contribution is 2.31. The van der Waals surface area contributed by atoms with Gasteiger partial charge in [0.1, 0.15) is 0 Å². The minimum absolute atomic E-state index is 0.0576. The highest BCUT2D eigenvalue weighted by molar-refractivity contribution is 7.18. The lowest BCUT2D eigenvalue weighted by molar-refractivity contribution is 0.0752. The van der Waals surface area contributed by atoms with Gasteiger partial charge in [0.15, 0.2) is 5.76 Å². The Balaban J connectivity index is 1.65. The van der Waals surface area contributed by atoms with Crippen LogP contribution >= 0.6 is 11.3 Å². The van der Waals surface area contributed by atoms with Crippen LogP contribution in [0.5, 0.6) is 0 Å². The summed E-state index contributed by atoms with van der Waals surface area (Å²) in [4.78, 5) is 27.2. The molecule has 2 heterocycles. The number of anilines is 1. The molecule has 1 saturated carbocycles. The minimum Gasteiger partial charge on any atom is -0.459 e. The Bertz CT molecular complexity index is 674. The Kier molecular flexibility index (Phi) is 4.81. The van der Waals surface area contributed by atoms with Crippen LogP contribution in [0.25, 0.3) is 0 Å². The highest BCUT2D eigenvalue weighted by Gasteiger charge is 2.27. The van der Waals surface area contributed by atoms with Crippen LogP contribution in [-0.4, -0.2) is 29.8 Å². The zero-order valence-corrected chi connectivity index (χ0v) is 13.9. The molecule has 2 aromatic heterocycles. The van der Waals surface area contributed by atoms with Crippen molar-refractivity contribution in [1.29, 1.82) is 0 Å². The van der Waals surface area contributed by atoms with E-state index in [2.05, 4.69) is 12.2 Å². The van der Waals surface area contributed by atoms with Crippen LogP contribution in [0.1, 0.15) is 46.4 Å². The Hall–Kier alpha value is -2.08. The van der Waals surface area contributed by atoms with E-state index < -0.39 is 0 Å². The molecule has 0 radical (unpaired) electrons. The van der Waals surface area contributed by atoms with Gasteiger partial charge in [0.2, 0.25) is 0 Å². The number of furan rings is 1. The molecule has 0 aromatic carbocycles. The van der Waals surface area contributed by atoms with E-state index in [1.807, 2.05) is 4.90 Å². The largest absolute Gasteiger partial charge is 0.459 e. The predicted octanol–water partition coefficient (Wildman–Crippen LogP) is 3.86. The summed E-state index contributed by atoms with van der Waals surface area (Å²) in [6, 6.07) is 6.81. The van der Waals surface area contributed by atoms with Crippen molar-refractivity contribution in [2.45, 2.75) is 26.2 Å². The maximum Gasteiger partial charge on any atom is 0.291 e. The standard InChI is InChI=1S/C17H20N2O3S/c1-2-9-19(11-12-5-6-12)17(21)14-7-8-15(23-14)18-16(20)13-4-3-10-22-13/h3-4,7-8,10,12H,2,5-6,9,11H2,1H3,(H,18,20). The maximum atomic E-state index is 12.6. The molecule has 0 spiro atoms. The summed E-state index contributed by atoms with van der Waals surface area (Å²) >= 11 is 1.30. The number of carbonyl (C=O) groups excluding carboxylic acids is 2. The first-order valence-electron chi connectivity index (χ1n) is 7.91. The SMILES string of the molecule is CCCN(CC1CC1)C(=O)c1ccc(NC(=O)c2ccco2)s1. The Labute approximate surface area is 139 Å². The number of hydrogen-bond donors (Lipinski definition) is 1. The smallest absolute Gasteiger partial charge is 0.291 e. The molecule has 1 aliphatic rings. The van der Waals surface area contributed by atoms with Crippen LogP contribution < -0.4 is 5.32 Å². The molecule has 1 aliphatic carbocycles. The Morgan fingerprint density at radius 2 is 2.17 bits per heavy atom. The van der Waals surface area contributed by atoms with Gasteiger partial charge in [-0.15, -0.1) is 11.3 Å². The van der Waals surface area contributed by atoms with Gasteiger partial charge in [-0.1, -0.05) is 6.92 Å². The molecule has 0 aliphatic heterocycles. The quantitative estimate of drug-likeness (QED) is 0.837. The molecule has 23 heavy (non-hydrogen) atoms. The second-order valence-corrected chi connectivity index (χ2v) is 6.87. The van der Waals surface area contributed by atoms with Crippen molar-refractivity contribution in [2.75, 3.05) is 18.4 Å². The van der Waals surface area contributed by atoms with E-state index in [1.54, 1.807) is 24.3 Å². The fraction of sp³-hybridized carbons (Fsp3) is 0.412. The number of rotatable bonds is 7. The Morgan fingerprint density at radius 1 is 1.35 bits per heavy atom. The van der Waals surface area contributed by atoms with Crippen LogP contribution in [0.15, 0.2) is 34.9 Å². The molecule has 5 nitrogen and oxygen atoms in total. The van der Waals surface area contributed by atoms with Gasteiger partial charge >= 0.3 is 0 Å². The van der Waals surface area contributed by atoms with E-state index in [0.29, 0.717) is 15.8 Å². The number of carbonyl (C=O) groups is 2. The van der Waals surface area contributed by atoms with Crippen molar-refractivity contribution in [3.63, 3.8) is 0 Å². The molecular formula is C17H20N2O3S. The number of nitrogens with one attached hydrogen (secondary N) is 1. The summed E-state index contributed by atoms with van der Waals surface area (Å²) in [7, 11) is 0. The molecule has 0 unspecified atom stereocenters. The monoisotopic (exact) mass is 332 g/mol. The second-order valence-electron chi connectivity index (χ2n) is 5.79. The van der Waals surface area contributed by atoms with Gasteiger partial charge in [0.25, 0.3) is 11.8 Å². The van der Waals surface area contributed by atoms with Crippen molar-refractivity contribution >= 4 is 28.2 Å². The normalized spacial score (nSPS) is 13.8. The molecular weight excluding hydrogens is 312 g/mol. The summed E-state index contributed by atoms with van der Waals surface area (Å²) in [5, 5.41) is 3.41. The second kappa shape index (κ2) is 7.00. The molecule has 2 amide bonds. The van der Waals surface area contributed by atoms with E-state index in [9.17, 15) is 9.59 Å². The van der Waals surface area contributed by atoms with E-state index in [-0.39, 0.29) is 17.6 Å². The van der Waals surface area contributed by atoms with Crippen molar-refractivity contribution in [1.82, 2.24) is 4.90 Å². The minimum atomic E-state index is -0.306. The van der Waals surface area contributed by atoms with Gasteiger partial charge < -0.3 is 14.6 Å². The lowest BCUT2D eigenvalue weighted by Crippen LogP contribution is -2.33. The lowest BCUT2D eigenvalue weighted by atomic mass is 10.3. The van der Waals surface area contributed by atoms with Crippen LogP contribution in [0.2, 0.25) is 0 Å². The average Bonchev–Trinajstić information content (AvgIpc) is 3.04. The fourth-order valence-corrected chi connectivity index (χ4v) is 3.28. The summed E-state index contributed by atoms with van der Waals surface area (Å²) < 4.78 is 5.06. The average molecular weight is 332 g/mol. The van der Waals surface area contributed by atoms with Gasteiger partial charge in [-0.25, -0.2) is 0 Å². The summed E-state index contributed by atoms with van der Waals surface area (Å²) in [5.41, 5.74) is 0.